The fourth-order valence-electron chi connectivity index (χ4n) is 4.03. The van der Waals surface area contributed by atoms with E-state index in [0.29, 0.717) is 22.7 Å². The van der Waals surface area contributed by atoms with Crippen LogP contribution in [-0.4, -0.2) is 32.6 Å². The van der Waals surface area contributed by atoms with E-state index in [1.807, 2.05) is 24.0 Å². The molecule has 1 atom stereocenters. The molecule has 0 saturated heterocycles. The molecule has 0 spiro atoms. The summed E-state index contributed by atoms with van der Waals surface area (Å²) in [5.41, 5.74) is 4.24. The second kappa shape index (κ2) is 6.61. The highest BCUT2D eigenvalue weighted by molar-refractivity contribution is 6.09. The molecular formula is C21H22N2O4. The molecule has 140 valence electrons. The number of nitrogens with one attached hydrogen (secondary N) is 1. The van der Waals surface area contributed by atoms with Crippen molar-refractivity contribution in [2.75, 3.05) is 31.0 Å². The minimum absolute atomic E-state index is 0.142. The first-order chi connectivity index (χ1) is 13.0. The lowest BCUT2D eigenvalue weighted by Gasteiger charge is -2.26. The van der Waals surface area contributed by atoms with Crippen LogP contribution in [0.15, 0.2) is 30.3 Å². The fourth-order valence-corrected chi connectivity index (χ4v) is 4.03. The van der Waals surface area contributed by atoms with Gasteiger partial charge in [-0.05, 0) is 55.2 Å². The highest BCUT2D eigenvalue weighted by Crippen LogP contribution is 2.44. The molecule has 2 aromatic carbocycles. The van der Waals surface area contributed by atoms with E-state index < -0.39 is 0 Å². The largest absolute Gasteiger partial charge is 0.493 e. The lowest BCUT2D eigenvalue weighted by molar-refractivity contribution is -0.119. The molecule has 2 amide bonds. The molecule has 6 nitrogen and oxygen atoms in total. The van der Waals surface area contributed by atoms with Crippen LogP contribution in [0.4, 0.5) is 11.4 Å². The van der Waals surface area contributed by atoms with Crippen molar-refractivity contribution >= 4 is 23.2 Å². The van der Waals surface area contributed by atoms with Crippen LogP contribution in [0.2, 0.25) is 0 Å². The maximum Gasteiger partial charge on any atom is 0.259 e. The second-order valence-corrected chi connectivity index (χ2v) is 6.88. The monoisotopic (exact) mass is 366 g/mol. The summed E-state index contributed by atoms with van der Waals surface area (Å²) < 4.78 is 10.6. The molecule has 0 radical (unpaired) electrons. The third kappa shape index (κ3) is 2.72. The maximum atomic E-state index is 12.9. The van der Waals surface area contributed by atoms with Crippen LogP contribution >= 0.6 is 0 Å². The molecule has 0 aliphatic carbocycles. The minimum Gasteiger partial charge on any atom is -0.493 e. The molecule has 2 aliphatic rings. The van der Waals surface area contributed by atoms with E-state index in [-0.39, 0.29) is 17.7 Å². The van der Waals surface area contributed by atoms with Gasteiger partial charge in [0.15, 0.2) is 11.5 Å². The summed E-state index contributed by atoms with van der Waals surface area (Å²) in [6.07, 6.45) is 1.84. The van der Waals surface area contributed by atoms with E-state index >= 15 is 0 Å². The lowest BCUT2D eigenvalue weighted by atomic mass is 9.96. The molecule has 0 aromatic heterocycles. The third-order valence-corrected chi connectivity index (χ3v) is 5.32. The van der Waals surface area contributed by atoms with Crippen LogP contribution in [0.5, 0.6) is 11.5 Å². The van der Waals surface area contributed by atoms with Crippen LogP contribution in [0.25, 0.3) is 0 Å². The second-order valence-electron chi connectivity index (χ2n) is 6.88. The van der Waals surface area contributed by atoms with Crippen molar-refractivity contribution < 1.29 is 19.1 Å². The summed E-state index contributed by atoms with van der Waals surface area (Å²) in [5.74, 6) is 0.588. The van der Waals surface area contributed by atoms with Crippen molar-refractivity contribution in [2.24, 2.45) is 0 Å². The number of aryl methyl sites for hydroxylation is 1. The van der Waals surface area contributed by atoms with Gasteiger partial charge in [-0.2, -0.15) is 0 Å². The molecule has 0 saturated carbocycles. The Kier molecular flexibility index (Phi) is 4.26. The van der Waals surface area contributed by atoms with Gasteiger partial charge in [-0.15, -0.1) is 0 Å². The first-order valence-corrected chi connectivity index (χ1v) is 9.05. The maximum absolute atomic E-state index is 12.9. The van der Waals surface area contributed by atoms with Crippen molar-refractivity contribution in [2.45, 2.75) is 25.7 Å². The van der Waals surface area contributed by atoms with E-state index in [1.165, 1.54) is 14.2 Å². The lowest BCUT2D eigenvalue weighted by Crippen LogP contribution is -2.32. The first-order valence-electron chi connectivity index (χ1n) is 9.05. The molecule has 2 aliphatic heterocycles. The summed E-state index contributed by atoms with van der Waals surface area (Å²) in [4.78, 5) is 27.2. The molecule has 2 heterocycles. The zero-order valence-electron chi connectivity index (χ0n) is 15.7. The van der Waals surface area contributed by atoms with E-state index in [1.54, 1.807) is 18.2 Å². The Bertz CT molecular complexity index is 938. The molecule has 1 N–H and O–H groups in total. The number of methoxy groups -OCH3 is 2. The van der Waals surface area contributed by atoms with Crippen LogP contribution < -0.4 is 19.7 Å². The van der Waals surface area contributed by atoms with E-state index in [0.717, 1.165) is 36.2 Å². The molecule has 0 bridgehead atoms. The van der Waals surface area contributed by atoms with Crippen LogP contribution in [0.1, 0.15) is 40.7 Å². The number of benzene rings is 2. The van der Waals surface area contributed by atoms with Crippen molar-refractivity contribution in [1.82, 2.24) is 0 Å². The topological polar surface area (TPSA) is 67.9 Å². The SMILES string of the molecule is COc1cccc(C(=O)Nc2cc3c4c(c2)C(C)C(=O)N4CCC3)c1OC. The Morgan fingerprint density at radius 2 is 2.04 bits per heavy atom. The van der Waals surface area contributed by atoms with Crippen molar-refractivity contribution in [3.8, 4) is 11.5 Å². The average Bonchev–Trinajstić information content (AvgIpc) is 2.93. The summed E-state index contributed by atoms with van der Waals surface area (Å²) in [5, 5.41) is 2.96. The van der Waals surface area contributed by atoms with Gasteiger partial charge in [0.05, 0.1) is 31.4 Å². The quantitative estimate of drug-likeness (QED) is 0.901. The molecule has 6 heteroatoms. The zero-order valence-corrected chi connectivity index (χ0v) is 15.7. The molecule has 1 unspecified atom stereocenters. The molecule has 27 heavy (non-hydrogen) atoms. The Hall–Kier alpha value is -3.02. The van der Waals surface area contributed by atoms with Crippen molar-refractivity contribution in [1.29, 1.82) is 0 Å². The first kappa shape index (κ1) is 17.4. The summed E-state index contributed by atoms with van der Waals surface area (Å²) >= 11 is 0. The van der Waals surface area contributed by atoms with Gasteiger partial charge in [-0.25, -0.2) is 0 Å². The van der Waals surface area contributed by atoms with Gasteiger partial charge >= 0.3 is 0 Å². The predicted octanol–water partition coefficient (Wildman–Crippen LogP) is 3.35. The Balaban J connectivity index is 1.69. The number of amides is 2. The molecule has 2 aromatic rings. The van der Waals surface area contributed by atoms with Gasteiger partial charge in [0.25, 0.3) is 5.91 Å². The number of anilines is 2. The minimum atomic E-state index is -0.275. The van der Waals surface area contributed by atoms with Crippen LogP contribution in [-0.2, 0) is 11.2 Å². The molecular weight excluding hydrogens is 344 g/mol. The number of hydrogen-bond donors (Lipinski definition) is 1. The third-order valence-electron chi connectivity index (χ3n) is 5.32. The van der Waals surface area contributed by atoms with Gasteiger partial charge < -0.3 is 19.7 Å². The Morgan fingerprint density at radius 3 is 2.78 bits per heavy atom. The molecule has 0 fully saturated rings. The van der Waals surface area contributed by atoms with Gasteiger partial charge in [0.1, 0.15) is 0 Å². The Labute approximate surface area is 158 Å². The fraction of sp³-hybridized carbons (Fsp3) is 0.333. The van der Waals surface area contributed by atoms with E-state index in [2.05, 4.69) is 5.32 Å². The normalized spacial score (nSPS) is 17.5. The summed E-state index contributed by atoms with van der Waals surface area (Å²) in [6.45, 7) is 2.70. The zero-order chi connectivity index (χ0) is 19.1. The van der Waals surface area contributed by atoms with Gasteiger partial charge in [0.2, 0.25) is 5.91 Å². The highest BCUT2D eigenvalue weighted by atomic mass is 16.5. The number of nitrogens with zero attached hydrogens (tertiary/aromatic N) is 1. The number of carbonyl (C=O) groups is 2. The number of ether oxygens (including phenoxy) is 2. The van der Waals surface area contributed by atoms with Crippen molar-refractivity contribution in [3.63, 3.8) is 0 Å². The van der Waals surface area contributed by atoms with Crippen LogP contribution in [0, 0.1) is 0 Å². The Morgan fingerprint density at radius 1 is 1.22 bits per heavy atom. The number of carbonyl (C=O) groups excluding carboxylic acids is 2. The predicted molar refractivity (Wildman–Crippen MR) is 103 cm³/mol. The summed E-state index contributed by atoms with van der Waals surface area (Å²) in [6, 6.07) is 9.08. The highest BCUT2D eigenvalue weighted by Gasteiger charge is 2.38. The van der Waals surface area contributed by atoms with Gasteiger partial charge in [0, 0.05) is 12.2 Å². The van der Waals surface area contributed by atoms with Gasteiger partial charge in [-0.1, -0.05) is 6.07 Å². The number of hydrogen-bond acceptors (Lipinski definition) is 4. The van der Waals surface area contributed by atoms with Crippen molar-refractivity contribution in [3.05, 3.63) is 47.0 Å². The average molecular weight is 366 g/mol. The van der Waals surface area contributed by atoms with E-state index in [4.69, 9.17) is 9.47 Å². The standard InChI is InChI=1S/C21H22N2O4/c1-12-16-11-14(10-13-6-5-9-23(18(13)16)21(12)25)22-20(24)15-7-4-8-17(26-2)19(15)27-3/h4,7-8,10-12H,5-6,9H2,1-3H3,(H,22,24). The molecule has 4 rings (SSSR count). The number of rotatable bonds is 4. The number of para-hydroxylation sites is 1. The summed E-state index contributed by atoms with van der Waals surface area (Å²) in [7, 11) is 3.05. The van der Waals surface area contributed by atoms with Crippen LogP contribution in [0.3, 0.4) is 0 Å². The van der Waals surface area contributed by atoms with E-state index in [9.17, 15) is 9.59 Å². The smallest absolute Gasteiger partial charge is 0.259 e. The van der Waals surface area contributed by atoms with Gasteiger partial charge in [-0.3, -0.25) is 9.59 Å².